The number of ether oxygens (including phenoxy) is 1. The highest BCUT2D eigenvalue weighted by Crippen LogP contribution is 2.38. The van der Waals surface area contributed by atoms with Crippen LogP contribution in [0.2, 0.25) is 5.02 Å². The van der Waals surface area contributed by atoms with Crippen molar-refractivity contribution < 1.29 is 27.8 Å². The number of anilines is 2. The molecule has 0 saturated heterocycles. The molecule has 4 N–H and O–H groups in total. The van der Waals surface area contributed by atoms with Gasteiger partial charge in [-0.2, -0.15) is 18.3 Å². The molecular weight excluding hydrogens is 489 g/mol. The van der Waals surface area contributed by atoms with Crippen molar-refractivity contribution in [3.05, 3.63) is 59.4 Å². The molecular formula is C22H20ClF3N6O3. The van der Waals surface area contributed by atoms with Crippen molar-refractivity contribution in [2.75, 3.05) is 18.2 Å². The van der Waals surface area contributed by atoms with Gasteiger partial charge in [0.1, 0.15) is 11.3 Å². The molecule has 0 aliphatic rings. The number of hydrogen-bond donors (Lipinski definition) is 3. The number of hydrogen-bond acceptors (Lipinski definition) is 6. The third kappa shape index (κ3) is 5.17. The number of nitrogens with zero attached hydrogens (tertiary/aromatic N) is 4. The standard InChI is InChI=1S/C22H20ClF3N6O3/c1-35-17-6-5-12(23)8-14(17)19-15(10-28-32(19)11-13(33)9-22(24,25)26)29-21(34)18-16-4-2-3-7-31(16)30-20(18)27/h2-8,10,13,33H,9,11H2,1H3,(H2,27,30)(H,29,34). The molecule has 0 saturated carbocycles. The quantitative estimate of drug-likeness (QED) is 0.347. The Morgan fingerprint density at radius 1 is 1.31 bits per heavy atom. The average Bonchev–Trinajstić information content (AvgIpc) is 3.31. The zero-order chi connectivity index (χ0) is 25.3. The van der Waals surface area contributed by atoms with Gasteiger partial charge < -0.3 is 20.9 Å². The van der Waals surface area contributed by atoms with Crippen LogP contribution in [-0.2, 0) is 6.54 Å². The predicted octanol–water partition coefficient (Wildman–Crippen LogP) is 4.01. The van der Waals surface area contributed by atoms with E-state index in [4.69, 9.17) is 22.1 Å². The molecule has 0 aliphatic heterocycles. The fourth-order valence-corrected chi connectivity index (χ4v) is 3.90. The summed E-state index contributed by atoms with van der Waals surface area (Å²) in [7, 11) is 1.41. The first kappa shape index (κ1) is 24.4. The maximum atomic E-state index is 13.2. The smallest absolute Gasteiger partial charge is 0.391 e. The number of carbonyl (C=O) groups is 1. The highest BCUT2D eigenvalue weighted by atomic mass is 35.5. The van der Waals surface area contributed by atoms with Crippen molar-refractivity contribution in [2.45, 2.75) is 25.2 Å². The number of aliphatic hydroxyl groups excluding tert-OH is 1. The van der Waals surface area contributed by atoms with E-state index in [0.29, 0.717) is 21.9 Å². The van der Waals surface area contributed by atoms with Crippen LogP contribution in [0.15, 0.2) is 48.8 Å². The monoisotopic (exact) mass is 508 g/mol. The van der Waals surface area contributed by atoms with Crippen molar-refractivity contribution in [2.24, 2.45) is 0 Å². The number of aliphatic hydroxyl groups is 1. The Hall–Kier alpha value is -3.77. The maximum Gasteiger partial charge on any atom is 0.391 e. The molecule has 3 aromatic heterocycles. The minimum absolute atomic E-state index is 0.0106. The van der Waals surface area contributed by atoms with E-state index in [1.54, 1.807) is 36.5 Å². The molecule has 1 unspecified atom stereocenters. The molecule has 0 radical (unpaired) electrons. The number of halogens is 4. The zero-order valence-corrected chi connectivity index (χ0v) is 19.0. The molecule has 9 nitrogen and oxygen atoms in total. The van der Waals surface area contributed by atoms with Crippen LogP contribution in [0.4, 0.5) is 24.7 Å². The Morgan fingerprint density at radius 2 is 2.09 bits per heavy atom. The molecule has 4 rings (SSSR count). The van der Waals surface area contributed by atoms with Crippen LogP contribution in [0.1, 0.15) is 16.8 Å². The number of aromatic nitrogens is 4. The van der Waals surface area contributed by atoms with E-state index in [1.807, 2.05) is 0 Å². The van der Waals surface area contributed by atoms with E-state index in [-0.39, 0.29) is 22.8 Å². The second-order valence-electron chi connectivity index (χ2n) is 7.65. The minimum atomic E-state index is -4.57. The van der Waals surface area contributed by atoms with Crippen LogP contribution in [0, 0.1) is 0 Å². The SMILES string of the molecule is COc1ccc(Cl)cc1-c1c(NC(=O)c2c(N)nn3ccccc23)cnn1CC(O)CC(F)(F)F. The van der Waals surface area contributed by atoms with E-state index >= 15 is 0 Å². The van der Waals surface area contributed by atoms with Crippen molar-refractivity contribution in [3.8, 4) is 17.0 Å². The van der Waals surface area contributed by atoms with E-state index in [9.17, 15) is 23.1 Å². The number of nitrogens with one attached hydrogen (secondary N) is 1. The number of methoxy groups -OCH3 is 1. The summed E-state index contributed by atoms with van der Waals surface area (Å²) in [6, 6.07) is 9.76. The summed E-state index contributed by atoms with van der Waals surface area (Å²) in [4.78, 5) is 13.2. The summed E-state index contributed by atoms with van der Waals surface area (Å²) >= 11 is 6.16. The topological polar surface area (TPSA) is 120 Å². The molecule has 1 aromatic carbocycles. The number of pyridine rings is 1. The Labute approximate surface area is 201 Å². The number of benzene rings is 1. The summed E-state index contributed by atoms with van der Waals surface area (Å²) in [6.45, 7) is -0.501. The second-order valence-corrected chi connectivity index (χ2v) is 8.09. The van der Waals surface area contributed by atoms with Crippen LogP contribution in [0.3, 0.4) is 0 Å². The Balaban J connectivity index is 1.77. The molecule has 184 valence electrons. The van der Waals surface area contributed by atoms with Gasteiger partial charge in [0.05, 0.1) is 49.3 Å². The van der Waals surface area contributed by atoms with Gasteiger partial charge in [0.15, 0.2) is 5.82 Å². The lowest BCUT2D eigenvalue weighted by Gasteiger charge is -2.17. The molecule has 0 fully saturated rings. The Kier molecular flexibility index (Phi) is 6.59. The fourth-order valence-electron chi connectivity index (χ4n) is 3.73. The van der Waals surface area contributed by atoms with Gasteiger partial charge in [-0.15, -0.1) is 5.10 Å². The molecule has 0 bridgehead atoms. The normalized spacial score (nSPS) is 12.6. The molecule has 35 heavy (non-hydrogen) atoms. The van der Waals surface area contributed by atoms with Crippen LogP contribution in [0.5, 0.6) is 5.75 Å². The lowest BCUT2D eigenvalue weighted by molar-refractivity contribution is -0.154. The van der Waals surface area contributed by atoms with Crippen LogP contribution in [-0.4, -0.2) is 49.8 Å². The van der Waals surface area contributed by atoms with Crippen molar-refractivity contribution >= 4 is 34.5 Å². The number of nitrogens with two attached hydrogens (primary N) is 1. The highest BCUT2D eigenvalue weighted by Gasteiger charge is 2.32. The lowest BCUT2D eigenvalue weighted by atomic mass is 10.1. The number of amides is 1. The molecule has 0 aliphatic carbocycles. The first-order valence-electron chi connectivity index (χ1n) is 10.3. The largest absolute Gasteiger partial charge is 0.496 e. The van der Waals surface area contributed by atoms with Crippen LogP contribution in [0.25, 0.3) is 16.8 Å². The number of nitrogen functional groups attached to an aromatic ring is 1. The van der Waals surface area contributed by atoms with E-state index in [1.165, 1.54) is 23.9 Å². The highest BCUT2D eigenvalue weighted by molar-refractivity contribution is 6.31. The van der Waals surface area contributed by atoms with Crippen molar-refractivity contribution in [1.29, 1.82) is 0 Å². The molecule has 1 atom stereocenters. The maximum absolute atomic E-state index is 13.2. The predicted molar refractivity (Wildman–Crippen MR) is 123 cm³/mol. The molecule has 13 heteroatoms. The first-order chi connectivity index (χ1) is 16.6. The van der Waals surface area contributed by atoms with Gasteiger partial charge in [0, 0.05) is 16.8 Å². The Bertz CT molecular complexity index is 1380. The van der Waals surface area contributed by atoms with Gasteiger partial charge in [-0.1, -0.05) is 17.7 Å². The summed E-state index contributed by atoms with van der Waals surface area (Å²) in [6.07, 6.45) is -4.89. The van der Waals surface area contributed by atoms with Crippen LogP contribution < -0.4 is 15.8 Å². The van der Waals surface area contributed by atoms with Crippen molar-refractivity contribution in [1.82, 2.24) is 19.4 Å². The average molecular weight is 509 g/mol. The molecule has 0 spiro atoms. The second kappa shape index (κ2) is 9.47. The fraction of sp³-hybridized carbons (Fsp3) is 0.227. The molecule has 4 aromatic rings. The van der Waals surface area contributed by atoms with Gasteiger partial charge in [-0.3, -0.25) is 9.48 Å². The van der Waals surface area contributed by atoms with Gasteiger partial charge in [0.25, 0.3) is 5.91 Å². The minimum Gasteiger partial charge on any atom is -0.496 e. The van der Waals surface area contributed by atoms with Gasteiger partial charge in [-0.25, -0.2) is 4.52 Å². The Morgan fingerprint density at radius 3 is 2.80 bits per heavy atom. The third-order valence-corrected chi connectivity index (χ3v) is 5.38. The number of fused-ring (bicyclic) bond motifs is 1. The third-order valence-electron chi connectivity index (χ3n) is 5.15. The lowest BCUT2D eigenvalue weighted by Crippen LogP contribution is -2.25. The summed E-state index contributed by atoms with van der Waals surface area (Å²) in [5, 5.41) is 21.3. The van der Waals surface area contributed by atoms with Crippen LogP contribution >= 0.6 is 11.6 Å². The summed E-state index contributed by atoms with van der Waals surface area (Å²) < 4.78 is 46.4. The number of rotatable bonds is 7. The van der Waals surface area contributed by atoms with Gasteiger partial charge >= 0.3 is 6.18 Å². The summed E-state index contributed by atoms with van der Waals surface area (Å²) in [5.74, 6) is -0.294. The number of alkyl halides is 3. The van der Waals surface area contributed by atoms with Crippen molar-refractivity contribution in [3.63, 3.8) is 0 Å². The zero-order valence-electron chi connectivity index (χ0n) is 18.3. The molecule has 1 amide bonds. The number of carbonyl (C=O) groups excluding carboxylic acids is 1. The van der Waals surface area contributed by atoms with E-state index in [2.05, 4.69) is 15.5 Å². The first-order valence-corrected chi connectivity index (χ1v) is 10.6. The van der Waals surface area contributed by atoms with E-state index in [0.717, 1.165) is 4.68 Å². The van der Waals surface area contributed by atoms with Gasteiger partial charge in [0.2, 0.25) is 0 Å². The van der Waals surface area contributed by atoms with E-state index < -0.39 is 31.2 Å². The van der Waals surface area contributed by atoms with Gasteiger partial charge in [-0.05, 0) is 30.3 Å². The molecule has 3 heterocycles. The summed E-state index contributed by atoms with van der Waals surface area (Å²) in [5.41, 5.74) is 7.21.